The smallest absolute Gasteiger partial charge is 0.226 e. The van der Waals surface area contributed by atoms with Gasteiger partial charge >= 0.3 is 0 Å². The summed E-state index contributed by atoms with van der Waals surface area (Å²) >= 11 is 0. The van der Waals surface area contributed by atoms with Crippen molar-refractivity contribution in [2.75, 3.05) is 0 Å². The summed E-state index contributed by atoms with van der Waals surface area (Å²) in [5, 5.41) is 5.34. The fourth-order valence-electron chi connectivity index (χ4n) is 2.82. The maximum absolute atomic E-state index is 5.38. The quantitative estimate of drug-likeness (QED) is 0.608. The van der Waals surface area contributed by atoms with E-state index in [2.05, 4.69) is 51.7 Å². The molecule has 4 rings (SSSR count). The van der Waals surface area contributed by atoms with Crippen LogP contribution in [0.15, 0.2) is 65.3 Å². The van der Waals surface area contributed by atoms with Gasteiger partial charge in [0.15, 0.2) is 5.82 Å². The Kier molecular flexibility index (Phi) is 3.64. The summed E-state index contributed by atoms with van der Waals surface area (Å²) in [7, 11) is 0. The fourth-order valence-corrected chi connectivity index (χ4v) is 2.82. The zero-order valence-electron chi connectivity index (χ0n) is 12.7. The number of hydrogen-bond donors (Lipinski definition) is 1. The first-order chi connectivity index (χ1) is 11.4. The number of benzene rings is 2. The average molecular weight is 303 g/mol. The van der Waals surface area contributed by atoms with E-state index in [1.165, 1.54) is 16.5 Å². The molecule has 4 heteroatoms. The van der Waals surface area contributed by atoms with E-state index in [9.17, 15) is 0 Å². The van der Waals surface area contributed by atoms with E-state index < -0.39 is 0 Å². The number of aryl methyl sites for hydroxylation is 2. The molecule has 0 amide bonds. The Morgan fingerprint density at radius 2 is 1.74 bits per heavy atom. The monoisotopic (exact) mass is 303 g/mol. The highest BCUT2D eigenvalue weighted by Gasteiger charge is 2.09. The molecular formula is C19H17N3O. The molecule has 0 aliphatic heterocycles. The molecule has 2 aromatic carbocycles. The van der Waals surface area contributed by atoms with Gasteiger partial charge in [-0.25, -0.2) is 0 Å². The van der Waals surface area contributed by atoms with Crippen molar-refractivity contribution in [1.82, 2.24) is 15.1 Å². The third kappa shape index (κ3) is 3.01. The Bertz CT molecular complexity index is 908. The van der Waals surface area contributed by atoms with Crippen LogP contribution in [0.25, 0.3) is 10.9 Å². The molecule has 0 unspecified atom stereocenters. The Labute approximate surface area is 134 Å². The lowest BCUT2D eigenvalue weighted by atomic mass is 10.1. The standard InChI is InChI=1S/C19H17N3O/c1-2-6-14(7-3-1)12-18-21-19(23-22-18)11-10-15-13-20-17-9-5-4-8-16(15)17/h1-9,13,20H,10-12H2. The van der Waals surface area contributed by atoms with Gasteiger partial charge < -0.3 is 9.51 Å². The van der Waals surface area contributed by atoms with Gasteiger partial charge in [0.2, 0.25) is 5.89 Å². The first-order valence-electron chi connectivity index (χ1n) is 7.79. The fraction of sp³-hybridized carbons (Fsp3) is 0.158. The van der Waals surface area contributed by atoms with E-state index in [1.807, 2.05) is 24.3 Å². The van der Waals surface area contributed by atoms with Gasteiger partial charge in [-0.1, -0.05) is 53.7 Å². The lowest BCUT2D eigenvalue weighted by Gasteiger charge is -1.96. The molecule has 4 nitrogen and oxygen atoms in total. The summed E-state index contributed by atoms with van der Waals surface area (Å²) in [6.45, 7) is 0. The number of para-hydroxylation sites is 1. The molecule has 2 aromatic heterocycles. The summed E-state index contributed by atoms with van der Waals surface area (Å²) in [4.78, 5) is 7.79. The van der Waals surface area contributed by atoms with Crippen LogP contribution in [0.4, 0.5) is 0 Å². The maximum atomic E-state index is 5.38. The van der Waals surface area contributed by atoms with Crippen molar-refractivity contribution in [3.8, 4) is 0 Å². The van der Waals surface area contributed by atoms with Crippen LogP contribution in [-0.2, 0) is 19.3 Å². The molecule has 0 spiro atoms. The second-order valence-electron chi connectivity index (χ2n) is 5.63. The van der Waals surface area contributed by atoms with Gasteiger partial charge in [0.25, 0.3) is 0 Å². The van der Waals surface area contributed by atoms with Crippen LogP contribution in [0.1, 0.15) is 22.8 Å². The minimum Gasteiger partial charge on any atom is -0.361 e. The Hall–Kier alpha value is -2.88. The number of fused-ring (bicyclic) bond motifs is 1. The topological polar surface area (TPSA) is 54.7 Å². The van der Waals surface area contributed by atoms with Crippen molar-refractivity contribution in [2.24, 2.45) is 0 Å². The van der Waals surface area contributed by atoms with E-state index in [0.29, 0.717) is 12.3 Å². The molecule has 0 radical (unpaired) electrons. The highest BCUT2D eigenvalue weighted by atomic mass is 16.5. The lowest BCUT2D eigenvalue weighted by molar-refractivity contribution is 0.374. The van der Waals surface area contributed by atoms with E-state index in [4.69, 9.17) is 4.52 Å². The molecule has 0 saturated carbocycles. The third-order valence-electron chi connectivity index (χ3n) is 4.00. The maximum Gasteiger partial charge on any atom is 0.226 e. The van der Waals surface area contributed by atoms with Crippen LogP contribution < -0.4 is 0 Å². The molecule has 23 heavy (non-hydrogen) atoms. The molecule has 0 bridgehead atoms. The summed E-state index contributed by atoms with van der Waals surface area (Å²) in [5.41, 5.74) is 3.64. The lowest BCUT2D eigenvalue weighted by Crippen LogP contribution is -1.93. The van der Waals surface area contributed by atoms with Gasteiger partial charge in [0, 0.05) is 29.9 Å². The zero-order valence-corrected chi connectivity index (χ0v) is 12.7. The van der Waals surface area contributed by atoms with Crippen LogP contribution in [-0.4, -0.2) is 15.1 Å². The van der Waals surface area contributed by atoms with Crippen molar-refractivity contribution < 1.29 is 4.52 Å². The van der Waals surface area contributed by atoms with E-state index in [1.54, 1.807) is 0 Å². The van der Waals surface area contributed by atoms with Gasteiger partial charge in [0.1, 0.15) is 0 Å². The Morgan fingerprint density at radius 3 is 2.65 bits per heavy atom. The number of hydrogen-bond acceptors (Lipinski definition) is 3. The van der Waals surface area contributed by atoms with E-state index in [0.717, 1.165) is 24.2 Å². The first-order valence-corrected chi connectivity index (χ1v) is 7.79. The molecule has 1 N–H and O–H groups in total. The molecule has 0 aliphatic rings. The summed E-state index contributed by atoms with van der Waals surface area (Å²) < 4.78 is 5.38. The molecule has 2 heterocycles. The van der Waals surface area contributed by atoms with Gasteiger partial charge in [-0.2, -0.15) is 4.98 Å². The van der Waals surface area contributed by atoms with Gasteiger partial charge in [-0.3, -0.25) is 0 Å². The molecule has 0 atom stereocenters. The minimum absolute atomic E-state index is 0.696. The largest absolute Gasteiger partial charge is 0.361 e. The van der Waals surface area contributed by atoms with Crippen molar-refractivity contribution >= 4 is 10.9 Å². The minimum atomic E-state index is 0.696. The van der Waals surface area contributed by atoms with Crippen LogP contribution in [0, 0.1) is 0 Å². The number of nitrogens with zero attached hydrogens (tertiary/aromatic N) is 2. The van der Waals surface area contributed by atoms with Crippen LogP contribution in [0.2, 0.25) is 0 Å². The van der Waals surface area contributed by atoms with Crippen LogP contribution in [0.3, 0.4) is 0 Å². The van der Waals surface area contributed by atoms with Crippen molar-refractivity contribution in [3.63, 3.8) is 0 Å². The molecule has 0 aliphatic carbocycles. The molecule has 114 valence electrons. The predicted octanol–water partition coefficient (Wildman–Crippen LogP) is 3.93. The van der Waals surface area contributed by atoms with Crippen molar-refractivity contribution in [3.05, 3.63) is 83.6 Å². The number of nitrogens with one attached hydrogen (secondary N) is 1. The summed E-state index contributed by atoms with van der Waals surface area (Å²) in [5.74, 6) is 1.44. The molecule has 4 aromatic rings. The Balaban J connectivity index is 1.44. The second kappa shape index (κ2) is 6.08. The normalized spacial score (nSPS) is 11.1. The van der Waals surface area contributed by atoms with Crippen molar-refractivity contribution in [2.45, 2.75) is 19.3 Å². The molecule has 0 fully saturated rings. The highest BCUT2D eigenvalue weighted by Crippen LogP contribution is 2.19. The predicted molar refractivity (Wildman–Crippen MR) is 89.3 cm³/mol. The summed E-state index contributed by atoms with van der Waals surface area (Å²) in [6.07, 6.45) is 4.41. The highest BCUT2D eigenvalue weighted by molar-refractivity contribution is 5.83. The average Bonchev–Trinajstić information content (AvgIpc) is 3.21. The van der Waals surface area contributed by atoms with E-state index in [-0.39, 0.29) is 0 Å². The van der Waals surface area contributed by atoms with Crippen LogP contribution >= 0.6 is 0 Å². The molecule has 0 saturated heterocycles. The van der Waals surface area contributed by atoms with Crippen molar-refractivity contribution in [1.29, 1.82) is 0 Å². The third-order valence-corrected chi connectivity index (χ3v) is 4.00. The SMILES string of the molecule is c1ccc(Cc2noc(CCc3c[nH]c4ccccc34)n2)cc1. The van der Waals surface area contributed by atoms with Gasteiger partial charge in [-0.05, 0) is 23.6 Å². The van der Waals surface area contributed by atoms with Crippen LogP contribution in [0.5, 0.6) is 0 Å². The number of H-pyrrole nitrogens is 1. The summed E-state index contributed by atoms with van der Waals surface area (Å²) in [6, 6.07) is 18.5. The zero-order chi connectivity index (χ0) is 15.5. The van der Waals surface area contributed by atoms with Gasteiger partial charge in [-0.15, -0.1) is 0 Å². The van der Waals surface area contributed by atoms with E-state index >= 15 is 0 Å². The number of aromatic amines is 1. The van der Waals surface area contributed by atoms with Gasteiger partial charge in [0.05, 0.1) is 0 Å². The number of rotatable bonds is 5. The Morgan fingerprint density at radius 1 is 0.913 bits per heavy atom. The number of aromatic nitrogens is 3. The second-order valence-corrected chi connectivity index (χ2v) is 5.63. The first kappa shape index (κ1) is 13.8. The molecular weight excluding hydrogens is 286 g/mol.